The fourth-order valence-corrected chi connectivity index (χ4v) is 1.87. The summed E-state index contributed by atoms with van der Waals surface area (Å²) in [7, 11) is 0. The first-order valence-electron chi connectivity index (χ1n) is 5.56. The summed E-state index contributed by atoms with van der Waals surface area (Å²) in [5.74, 6) is 0. The van der Waals surface area contributed by atoms with Gasteiger partial charge in [0, 0.05) is 17.1 Å². The summed E-state index contributed by atoms with van der Waals surface area (Å²) in [6.45, 7) is 0. The largest absolute Gasteiger partial charge is 0.417 e. The van der Waals surface area contributed by atoms with Gasteiger partial charge in [-0.25, -0.2) is 0 Å². The van der Waals surface area contributed by atoms with Crippen LogP contribution in [0.2, 0.25) is 0 Å². The number of pyridine rings is 1. The third-order valence-corrected chi connectivity index (χ3v) is 2.83. The van der Waals surface area contributed by atoms with Crippen LogP contribution in [0.4, 0.5) is 13.2 Å². The molecule has 95 valence electrons. The molecular weight excluding hydrogens is 253 g/mol. The average Bonchev–Trinajstić information content (AvgIpc) is 2.81. The van der Waals surface area contributed by atoms with Crippen molar-refractivity contribution in [3.05, 3.63) is 54.2 Å². The summed E-state index contributed by atoms with van der Waals surface area (Å²) in [5.41, 5.74) is 1.31. The van der Waals surface area contributed by atoms with E-state index in [1.165, 1.54) is 6.07 Å². The van der Waals surface area contributed by atoms with Crippen molar-refractivity contribution in [2.75, 3.05) is 0 Å². The topological polar surface area (TPSA) is 28.7 Å². The number of alkyl halides is 3. The summed E-state index contributed by atoms with van der Waals surface area (Å²) in [4.78, 5) is 6.96. The van der Waals surface area contributed by atoms with Gasteiger partial charge in [0.25, 0.3) is 0 Å². The molecule has 0 bridgehead atoms. The van der Waals surface area contributed by atoms with Crippen LogP contribution in [0.15, 0.2) is 42.6 Å². The highest BCUT2D eigenvalue weighted by Gasteiger charge is 2.30. The number of aromatic nitrogens is 2. The minimum atomic E-state index is -4.36. The normalized spacial score (nSPS) is 11.9. The van der Waals surface area contributed by atoms with Crippen molar-refractivity contribution in [1.82, 2.24) is 9.97 Å². The minimum absolute atomic E-state index is 0.476. The van der Waals surface area contributed by atoms with E-state index in [4.69, 9.17) is 0 Å². The lowest BCUT2D eigenvalue weighted by molar-refractivity contribution is -0.137. The molecule has 2 nitrogen and oxygen atoms in total. The first-order chi connectivity index (χ1) is 9.04. The summed E-state index contributed by atoms with van der Waals surface area (Å²) >= 11 is 0. The molecule has 0 unspecified atom stereocenters. The van der Waals surface area contributed by atoms with E-state index in [1.807, 2.05) is 12.1 Å². The molecule has 0 aliphatic heterocycles. The molecule has 0 saturated carbocycles. The van der Waals surface area contributed by atoms with Crippen molar-refractivity contribution in [2.45, 2.75) is 6.18 Å². The molecule has 1 N–H and O–H groups in total. The van der Waals surface area contributed by atoms with Gasteiger partial charge in [-0.3, -0.25) is 4.98 Å². The Bertz CT molecular complexity index is 678. The summed E-state index contributed by atoms with van der Waals surface area (Å²) < 4.78 is 37.3. The number of benzene rings is 1. The maximum Gasteiger partial charge on any atom is 0.417 e. The number of aromatic amines is 1. The third-order valence-electron chi connectivity index (χ3n) is 2.83. The van der Waals surface area contributed by atoms with Crippen molar-refractivity contribution >= 4 is 10.9 Å². The van der Waals surface area contributed by atoms with Gasteiger partial charge in [0.1, 0.15) is 0 Å². The number of hydrogen-bond acceptors (Lipinski definition) is 1. The number of halogens is 3. The molecule has 1 radical (unpaired) electrons. The van der Waals surface area contributed by atoms with Crippen LogP contribution in [0.5, 0.6) is 0 Å². The summed E-state index contributed by atoms with van der Waals surface area (Å²) in [6.07, 6.45) is -3.52. The predicted molar refractivity (Wildman–Crippen MR) is 65.4 cm³/mol. The highest BCUT2D eigenvalue weighted by molar-refractivity contribution is 5.84. The molecule has 5 heteroatoms. The van der Waals surface area contributed by atoms with Gasteiger partial charge < -0.3 is 4.98 Å². The van der Waals surface area contributed by atoms with Crippen LogP contribution in [0, 0.1) is 6.07 Å². The minimum Gasteiger partial charge on any atom is -0.353 e. The van der Waals surface area contributed by atoms with Crippen molar-refractivity contribution < 1.29 is 13.2 Å². The van der Waals surface area contributed by atoms with Crippen LogP contribution in [-0.2, 0) is 6.18 Å². The van der Waals surface area contributed by atoms with Gasteiger partial charge in [0.05, 0.1) is 17.0 Å². The standard InChI is InChI=1S/C14H8F3N2/c15-14(16,17)10-5-6-12(18-8-10)13-7-9-3-1-2-4-11(9)19-13/h2-8,19H. The first kappa shape index (κ1) is 11.8. The Morgan fingerprint density at radius 3 is 2.63 bits per heavy atom. The summed E-state index contributed by atoms with van der Waals surface area (Å²) in [5, 5.41) is 0.944. The van der Waals surface area contributed by atoms with Crippen molar-refractivity contribution in [2.24, 2.45) is 0 Å². The van der Waals surface area contributed by atoms with Crippen LogP contribution in [0.25, 0.3) is 22.3 Å². The maximum atomic E-state index is 12.4. The second-order valence-electron chi connectivity index (χ2n) is 4.13. The third kappa shape index (κ3) is 2.19. The Labute approximate surface area is 106 Å². The van der Waals surface area contributed by atoms with Gasteiger partial charge in [-0.15, -0.1) is 0 Å². The lowest BCUT2D eigenvalue weighted by Crippen LogP contribution is -2.05. The van der Waals surface area contributed by atoms with E-state index in [1.54, 1.807) is 12.1 Å². The SMILES string of the molecule is FC(F)(F)c1ccc(-c2cc3c[c]ccc3[nH]2)nc1. The monoisotopic (exact) mass is 261 g/mol. The second kappa shape index (κ2) is 4.12. The number of H-pyrrole nitrogens is 1. The highest BCUT2D eigenvalue weighted by Crippen LogP contribution is 2.30. The number of nitrogens with one attached hydrogen (secondary N) is 1. The molecule has 0 atom stereocenters. The molecular formula is C14H8F3N2. The van der Waals surface area contributed by atoms with Gasteiger partial charge in [-0.05, 0) is 36.4 Å². The summed E-state index contributed by atoms with van der Waals surface area (Å²) in [6, 6.07) is 12.6. The first-order valence-corrected chi connectivity index (χ1v) is 5.56. The van der Waals surface area contributed by atoms with E-state index in [-0.39, 0.29) is 0 Å². The van der Waals surface area contributed by atoms with Gasteiger partial charge in [-0.1, -0.05) is 6.07 Å². The van der Waals surface area contributed by atoms with Crippen LogP contribution in [0.3, 0.4) is 0 Å². The number of nitrogens with zero attached hydrogens (tertiary/aromatic N) is 1. The van der Waals surface area contributed by atoms with E-state index >= 15 is 0 Å². The quantitative estimate of drug-likeness (QED) is 0.703. The molecule has 0 spiro atoms. The molecule has 3 aromatic rings. The fourth-order valence-electron chi connectivity index (χ4n) is 1.87. The van der Waals surface area contributed by atoms with Crippen molar-refractivity contribution in [1.29, 1.82) is 0 Å². The van der Waals surface area contributed by atoms with E-state index in [0.717, 1.165) is 23.2 Å². The van der Waals surface area contributed by atoms with E-state index in [9.17, 15) is 13.2 Å². The lowest BCUT2D eigenvalue weighted by Gasteiger charge is -2.05. The van der Waals surface area contributed by atoms with E-state index < -0.39 is 11.7 Å². The van der Waals surface area contributed by atoms with E-state index in [0.29, 0.717) is 11.4 Å². The number of rotatable bonds is 1. The maximum absolute atomic E-state index is 12.4. The molecule has 2 aromatic heterocycles. The van der Waals surface area contributed by atoms with Crippen LogP contribution in [-0.4, -0.2) is 9.97 Å². The Hall–Kier alpha value is -2.30. The molecule has 0 saturated heterocycles. The van der Waals surface area contributed by atoms with Gasteiger partial charge >= 0.3 is 6.18 Å². The van der Waals surface area contributed by atoms with E-state index in [2.05, 4.69) is 16.0 Å². The Balaban J connectivity index is 2.02. The zero-order chi connectivity index (χ0) is 13.5. The molecule has 0 amide bonds. The van der Waals surface area contributed by atoms with Gasteiger partial charge in [0.15, 0.2) is 0 Å². The average molecular weight is 261 g/mol. The molecule has 0 aliphatic rings. The lowest BCUT2D eigenvalue weighted by atomic mass is 10.2. The zero-order valence-corrected chi connectivity index (χ0v) is 9.62. The Morgan fingerprint density at radius 1 is 1.16 bits per heavy atom. The Kier molecular flexibility index (Phi) is 2.55. The van der Waals surface area contributed by atoms with Crippen LogP contribution in [0.1, 0.15) is 5.56 Å². The molecule has 3 rings (SSSR count). The molecule has 0 aliphatic carbocycles. The zero-order valence-electron chi connectivity index (χ0n) is 9.62. The van der Waals surface area contributed by atoms with Crippen LogP contribution >= 0.6 is 0 Å². The smallest absolute Gasteiger partial charge is 0.353 e. The number of fused-ring (bicyclic) bond motifs is 1. The van der Waals surface area contributed by atoms with Crippen LogP contribution < -0.4 is 0 Å². The molecule has 2 heterocycles. The molecule has 1 aromatic carbocycles. The Morgan fingerprint density at radius 2 is 2.00 bits per heavy atom. The second-order valence-corrected chi connectivity index (χ2v) is 4.13. The molecule has 0 fully saturated rings. The predicted octanol–water partition coefficient (Wildman–Crippen LogP) is 4.05. The van der Waals surface area contributed by atoms with Crippen molar-refractivity contribution in [3.8, 4) is 11.4 Å². The fraction of sp³-hybridized carbons (Fsp3) is 0.0714. The van der Waals surface area contributed by atoms with Crippen molar-refractivity contribution in [3.63, 3.8) is 0 Å². The van der Waals surface area contributed by atoms with Gasteiger partial charge in [0.2, 0.25) is 0 Å². The number of hydrogen-bond donors (Lipinski definition) is 1. The van der Waals surface area contributed by atoms with Gasteiger partial charge in [-0.2, -0.15) is 13.2 Å². The highest BCUT2D eigenvalue weighted by atomic mass is 19.4. The molecule has 19 heavy (non-hydrogen) atoms.